The quantitative estimate of drug-likeness (QED) is 0.541. The summed E-state index contributed by atoms with van der Waals surface area (Å²) in [6.45, 7) is 20.6. The summed E-state index contributed by atoms with van der Waals surface area (Å²) < 4.78 is 19.5. The summed E-state index contributed by atoms with van der Waals surface area (Å²) in [6, 6.07) is 0. The summed E-state index contributed by atoms with van der Waals surface area (Å²) in [4.78, 5) is 0. The molecule has 0 bridgehead atoms. The van der Waals surface area contributed by atoms with Crippen molar-refractivity contribution < 1.29 is 13.3 Å². The maximum absolute atomic E-state index is 6.54. The molecule has 0 aromatic rings. The highest BCUT2D eigenvalue weighted by Crippen LogP contribution is 2.31. The predicted molar refractivity (Wildman–Crippen MR) is 106 cm³/mol. The molecule has 2 N–H and O–H groups in total. The smallest absolute Gasteiger partial charge is 0.184 e. The number of rotatable bonds is 7. The molecule has 0 fully saturated rings. The van der Waals surface area contributed by atoms with E-state index >= 15 is 0 Å². The lowest BCUT2D eigenvalue weighted by Crippen LogP contribution is -2.54. The second-order valence-corrected chi connectivity index (χ2v) is 22.8. The van der Waals surface area contributed by atoms with Crippen molar-refractivity contribution in [3.05, 3.63) is 11.6 Å². The Morgan fingerprint density at radius 3 is 1.74 bits per heavy atom. The van der Waals surface area contributed by atoms with E-state index in [4.69, 9.17) is 19.0 Å². The van der Waals surface area contributed by atoms with Crippen LogP contribution in [-0.2, 0) is 13.3 Å². The lowest BCUT2D eigenvalue weighted by molar-refractivity contribution is -0.0221. The number of hydrogen-bond acceptors (Lipinski definition) is 4. The SMILES string of the molecule is C[Si](C)(C)O[C@@H]1[C@H](O[Si](C)(C)C)C=C(CN)C[C@H]1O[Si](C)(C)C. The van der Waals surface area contributed by atoms with Gasteiger partial charge < -0.3 is 19.0 Å². The van der Waals surface area contributed by atoms with Crippen LogP contribution < -0.4 is 5.73 Å². The van der Waals surface area contributed by atoms with Crippen molar-refractivity contribution in [2.24, 2.45) is 5.73 Å². The van der Waals surface area contributed by atoms with Gasteiger partial charge in [-0.15, -0.1) is 0 Å². The van der Waals surface area contributed by atoms with Crippen LogP contribution in [0.15, 0.2) is 11.6 Å². The van der Waals surface area contributed by atoms with Gasteiger partial charge in [0.25, 0.3) is 0 Å². The molecule has 0 radical (unpaired) electrons. The van der Waals surface area contributed by atoms with Crippen LogP contribution in [0, 0.1) is 0 Å². The Bertz CT molecular complexity index is 422. The lowest BCUT2D eigenvalue weighted by atomic mass is 9.92. The van der Waals surface area contributed by atoms with Crippen LogP contribution in [0.25, 0.3) is 0 Å². The monoisotopic (exact) mass is 375 g/mol. The summed E-state index contributed by atoms with van der Waals surface area (Å²) in [5, 5.41) is 0. The summed E-state index contributed by atoms with van der Waals surface area (Å²) in [5.74, 6) is 0. The molecule has 1 aliphatic rings. The normalized spacial score (nSPS) is 27.0. The first-order valence-electron chi connectivity index (χ1n) is 8.63. The Hall–Kier alpha value is 0.231. The number of hydrogen-bond donors (Lipinski definition) is 1. The predicted octanol–water partition coefficient (Wildman–Crippen LogP) is 3.94. The molecule has 136 valence electrons. The van der Waals surface area contributed by atoms with Crippen LogP contribution in [0.3, 0.4) is 0 Å². The second-order valence-electron chi connectivity index (χ2n) is 9.39. The fraction of sp³-hybridized carbons (Fsp3) is 0.875. The first kappa shape index (κ1) is 21.3. The summed E-state index contributed by atoms with van der Waals surface area (Å²) >= 11 is 0. The zero-order chi connectivity index (χ0) is 18.1. The van der Waals surface area contributed by atoms with E-state index in [1.807, 2.05) is 0 Å². The van der Waals surface area contributed by atoms with E-state index in [1.54, 1.807) is 0 Å². The molecule has 3 atom stereocenters. The summed E-state index contributed by atoms with van der Waals surface area (Å²) in [7, 11) is -5.06. The van der Waals surface area contributed by atoms with E-state index in [0.717, 1.165) is 6.42 Å². The molecule has 0 amide bonds. The summed E-state index contributed by atoms with van der Waals surface area (Å²) in [5.41, 5.74) is 7.17. The van der Waals surface area contributed by atoms with Gasteiger partial charge in [-0.3, -0.25) is 0 Å². The highest BCUT2D eigenvalue weighted by Gasteiger charge is 2.41. The molecule has 7 heteroatoms. The molecule has 1 aliphatic carbocycles. The molecule has 23 heavy (non-hydrogen) atoms. The Morgan fingerprint density at radius 1 is 0.870 bits per heavy atom. The van der Waals surface area contributed by atoms with Crippen LogP contribution >= 0.6 is 0 Å². The van der Waals surface area contributed by atoms with E-state index in [0.29, 0.717) is 6.54 Å². The van der Waals surface area contributed by atoms with Crippen LogP contribution in [0.5, 0.6) is 0 Å². The standard InChI is InChI=1S/C16H37NO3Si3/c1-21(2,3)18-14-10-13(12-17)11-15(19-22(4,5)6)16(14)20-23(7,8)9/h10,14-16H,11-12,17H2,1-9H3/t14-,15-,16-/m1/s1. The highest BCUT2D eigenvalue weighted by molar-refractivity contribution is 6.70. The third-order valence-corrected chi connectivity index (χ3v) is 6.27. The lowest BCUT2D eigenvalue weighted by Gasteiger charge is -2.44. The molecule has 0 unspecified atom stereocenters. The fourth-order valence-corrected chi connectivity index (χ4v) is 6.00. The minimum absolute atomic E-state index is 0.0181. The topological polar surface area (TPSA) is 53.7 Å². The van der Waals surface area contributed by atoms with Crippen LogP contribution in [-0.4, -0.2) is 49.8 Å². The Balaban J connectivity index is 3.13. The van der Waals surface area contributed by atoms with Gasteiger partial charge in [0.15, 0.2) is 25.0 Å². The second kappa shape index (κ2) is 7.63. The van der Waals surface area contributed by atoms with E-state index in [-0.39, 0.29) is 18.3 Å². The van der Waals surface area contributed by atoms with Crippen molar-refractivity contribution in [3.8, 4) is 0 Å². The molecule has 0 aromatic heterocycles. The molecular formula is C16H37NO3Si3. The molecule has 0 heterocycles. The van der Waals surface area contributed by atoms with Crippen molar-refractivity contribution in [2.45, 2.75) is 83.7 Å². The maximum atomic E-state index is 6.54. The average Bonchev–Trinajstić information content (AvgIpc) is 2.27. The molecular weight excluding hydrogens is 338 g/mol. The third-order valence-electron chi connectivity index (χ3n) is 3.30. The van der Waals surface area contributed by atoms with Gasteiger partial charge in [0.1, 0.15) is 0 Å². The molecule has 4 nitrogen and oxygen atoms in total. The molecule has 0 aliphatic heterocycles. The van der Waals surface area contributed by atoms with Crippen molar-refractivity contribution in [1.82, 2.24) is 0 Å². The van der Waals surface area contributed by atoms with E-state index in [1.165, 1.54) is 5.57 Å². The van der Waals surface area contributed by atoms with Crippen molar-refractivity contribution in [2.75, 3.05) is 6.54 Å². The van der Waals surface area contributed by atoms with Crippen molar-refractivity contribution >= 4 is 25.0 Å². The van der Waals surface area contributed by atoms with Gasteiger partial charge in [0.05, 0.1) is 18.3 Å². The Kier molecular flexibility index (Phi) is 7.06. The first-order valence-corrected chi connectivity index (χ1v) is 18.9. The van der Waals surface area contributed by atoms with Gasteiger partial charge in [0.2, 0.25) is 0 Å². The molecule has 0 spiro atoms. The molecule has 1 rings (SSSR count). The molecule has 0 aromatic carbocycles. The van der Waals surface area contributed by atoms with Gasteiger partial charge in [-0.05, 0) is 65.3 Å². The highest BCUT2D eigenvalue weighted by atomic mass is 28.4. The zero-order valence-corrected chi connectivity index (χ0v) is 19.5. The van der Waals surface area contributed by atoms with E-state index in [9.17, 15) is 0 Å². The van der Waals surface area contributed by atoms with E-state index < -0.39 is 25.0 Å². The van der Waals surface area contributed by atoms with Crippen molar-refractivity contribution in [1.29, 1.82) is 0 Å². The molecule has 0 saturated carbocycles. The van der Waals surface area contributed by atoms with Gasteiger partial charge >= 0.3 is 0 Å². The fourth-order valence-electron chi connectivity index (χ4n) is 2.76. The van der Waals surface area contributed by atoms with Gasteiger partial charge in [0, 0.05) is 6.54 Å². The maximum Gasteiger partial charge on any atom is 0.184 e. The Labute approximate surface area is 146 Å². The van der Waals surface area contributed by atoms with Crippen LogP contribution in [0.4, 0.5) is 0 Å². The average molecular weight is 376 g/mol. The largest absolute Gasteiger partial charge is 0.412 e. The van der Waals surface area contributed by atoms with E-state index in [2.05, 4.69) is 65.0 Å². The third kappa shape index (κ3) is 8.24. The minimum atomic E-state index is -1.70. The first-order chi connectivity index (χ1) is 10.2. The van der Waals surface area contributed by atoms with Crippen LogP contribution in [0.1, 0.15) is 6.42 Å². The Morgan fingerprint density at radius 2 is 1.35 bits per heavy atom. The number of nitrogens with two attached hydrogens (primary N) is 1. The van der Waals surface area contributed by atoms with Gasteiger partial charge in [-0.25, -0.2) is 0 Å². The summed E-state index contributed by atoms with van der Waals surface area (Å²) in [6.07, 6.45) is 3.06. The minimum Gasteiger partial charge on any atom is -0.412 e. The van der Waals surface area contributed by atoms with Gasteiger partial charge in [-0.2, -0.15) is 0 Å². The zero-order valence-electron chi connectivity index (χ0n) is 16.5. The van der Waals surface area contributed by atoms with Crippen LogP contribution in [0.2, 0.25) is 58.9 Å². The van der Waals surface area contributed by atoms with Gasteiger partial charge in [-0.1, -0.05) is 11.6 Å². The molecule has 0 saturated heterocycles. The van der Waals surface area contributed by atoms with Crippen molar-refractivity contribution in [3.63, 3.8) is 0 Å².